The second kappa shape index (κ2) is 7.84. The zero-order valence-electron chi connectivity index (χ0n) is 16.8. The number of fused-ring (bicyclic) bond motifs is 1. The first kappa shape index (κ1) is 21.1. The zero-order chi connectivity index (χ0) is 21.5. The molecule has 0 bridgehead atoms. The predicted octanol–water partition coefficient (Wildman–Crippen LogP) is 2.57. The van der Waals surface area contributed by atoms with Crippen LogP contribution in [0.2, 0.25) is 0 Å². The van der Waals surface area contributed by atoms with E-state index >= 15 is 0 Å². The Bertz CT molecular complexity index is 1080. The van der Waals surface area contributed by atoms with Gasteiger partial charge < -0.3 is 4.74 Å². The minimum atomic E-state index is -3.61. The lowest BCUT2D eigenvalue weighted by Crippen LogP contribution is -2.40. The van der Waals surface area contributed by atoms with Crippen LogP contribution in [0.5, 0.6) is 0 Å². The lowest BCUT2D eigenvalue weighted by atomic mass is 9.78. The highest BCUT2D eigenvalue weighted by molar-refractivity contribution is 7.89. The van der Waals surface area contributed by atoms with Crippen LogP contribution in [0.15, 0.2) is 29.2 Å². The maximum absolute atomic E-state index is 12.7. The normalized spacial score (nSPS) is 19.3. The van der Waals surface area contributed by atoms with E-state index in [4.69, 9.17) is 4.74 Å². The minimum absolute atomic E-state index is 0.0527. The van der Waals surface area contributed by atoms with Gasteiger partial charge in [-0.15, -0.1) is 0 Å². The van der Waals surface area contributed by atoms with Crippen molar-refractivity contribution in [1.29, 1.82) is 0 Å². The van der Waals surface area contributed by atoms with Crippen molar-refractivity contribution in [3.63, 3.8) is 0 Å². The number of thiazole rings is 1. The number of aromatic nitrogens is 1. The first-order valence-electron chi connectivity index (χ1n) is 9.68. The second-order valence-corrected chi connectivity index (χ2v) is 11.2. The Hall–Kier alpha value is -2.14. The van der Waals surface area contributed by atoms with Crippen LogP contribution in [0.1, 0.15) is 46.0 Å². The van der Waals surface area contributed by atoms with E-state index < -0.39 is 15.9 Å². The van der Waals surface area contributed by atoms with Crippen molar-refractivity contribution in [3.05, 3.63) is 40.4 Å². The number of sulfonamides is 1. The molecule has 1 fully saturated rings. The van der Waals surface area contributed by atoms with Gasteiger partial charge in [0.25, 0.3) is 5.91 Å². The highest BCUT2D eigenvalue weighted by Gasteiger charge is 2.34. The minimum Gasteiger partial charge on any atom is -0.379 e. The number of ketones is 1. The Morgan fingerprint density at radius 3 is 2.50 bits per heavy atom. The number of nitrogens with zero attached hydrogens (tertiary/aromatic N) is 2. The third-order valence-corrected chi connectivity index (χ3v) is 8.15. The Morgan fingerprint density at radius 1 is 1.17 bits per heavy atom. The molecule has 10 heteroatoms. The monoisotopic (exact) mass is 449 g/mol. The van der Waals surface area contributed by atoms with Crippen LogP contribution in [-0.2, 0) is 21.2 Å². The summed E-state index contributed by atoms with van der Waals surface area (Å²) in [5, 5.41) is 3.10. The third kappa shape index (κ3) is 4.18. The van der Waals surface area contributed by atoms with Gasteiger partial charge in [0, 0.05) is 25.1 Å². The van der Waals surface area contributed by atoms with Crippen LogP contribution in [0.25, 0.3) is 0 Å². The average molecular weight is 450 g/mol. The number of carbonyl (C=O) groups excluding carboxylic acids is 2. The van der Waals surface area contributed by atoms with Crippen molar-refractivity contribution in [2.24, 2.45) is 5.41 Å². The molecule has 30 heavy (non-hydrogen) atoms. The van der Waals surface area contributed by atoms with Crippen LogP contribution in [0.4, 0.5) is 5.13 Å². The van der Waals surface area contributed by atoms with Crippen LogP contribution in [-0.4, -0.2) is 55.7 Å². The standard InChI is InChI=1S/C20H23N3O5S2/c1-20(2)11-15-17(16(24)12-20)29-19(21-15)22-18(25)13-3-5-14(6-4-13)30(26,27)23-7-9-28-10-8-23/h3-6H,7-12H2,1-2H3,(H,21,22,25). The maximum atomic E-state index is 12.7. The number of amides is 1. The molecule has 2 aliphatic rings. The van der Waals surface area contributed by atoms with Crippen LogP contribution in [0, 0.1) is 5.41 Å². The molecule has 0 unspecified atom stereocenters. The van der Waals surface area contributed by atoms with Gasteiger partial charge >= 0.3 is 0 Å². The Kier molecular flexibility index (Phi) is 5.52. The Labute approximate surface area is 179 Å². The first-order valence-corrected chi connectivity index (χ1v) is 11.9. The Balaban J connectivity index is 1.48. The first-order chi connectivity index (χ1) is 14.2. The molecule has 8 nitrogen and oxygen atoms in total. The predicted molar refractivity (Wildman–Crippen MR) is 113 cm³/mol. The summed E-state index contributed by atoms with van der Waals surface area (Å²) in [7, 11) is -3.61. The topological polar surface area (TPSA) is 106 Å². The van der Waals surface area contributed by atoms with E-state index in [1.807, 2.05) is 13.8 Å². The molecule has 1 aliphatic carbocycles. The van der Waals surface area contributed by atoms with Crippen LogP contribution < -0.4 is 5.32 Å². The number of carbonyl (C=O) groups is 2. The molecule has 0 spiro atoms. The molecule has 4 rings (SSSR count). The number of rotatable bonds is 4. The number of benzene rings is 1. The second-order valence-electron chi connectivity index (χ2n) is 8.23. The van der Waals surface area contributed by atoms with Gasteiger partial charge in [0.1, 0.15) is 0 Å². The molecule has 1 aromatic heterocycles. The molecule has 1 saturated heterocycles. The van der Waals surface area contributed by atoms with Crippen molar-refractivity contribution >= 4 is 38.2 Å². The fourth-order valence-electron chi connectivity index (χ4n) is 3.66. The van der Waals surface area contributed by atoms with E-state index in [-0.39, 0.29) is 16.1 Å². The zero-order valence-corrected chi connectivity index (χ0v) is 18.4. The van der Waals surface area contributed by atoms with E-state index in [2.05, 4.69) is 10.3 Å². The lowest BCUT2D eigenvalue weighted by molar-refractivity contribution is 0.0730. The summed E-state index contributed by atoms with van der Waals surface area (Å²) in [6, 6.07) is 5.81. The van der Waals surface area contributed by atoms with Crippen LogP contribution >= 0.6 is 11.3 Å². The average Bonchev–Trinajstić information content (AvgIpc) is 3.10. The van der Waals surface area contributed by atoms with Gasteiger partial charge in [0.15, 0.2) is 10.9 Å². The fourth-order valence-corrected chi connectivity index (χ4v) is 5.98. The van der Waals surface area contributed by atoms with E-state index in [1.165, 1.54) is 39.9 Å². The van der Waals surface area contributed by atoms with Gasteiger partial charge in [0.05, 0.1) is 28.7 Å². The SMILES string of the molecule is CC1(C)CC(=O)c2sc(NC(=O)c3ccc(S(=O)(=O)N4CCOCC4)cc3)nc2C1. The number of anilines is 1. The number of hydrogen-bond donors (Lipinski definition) is 1. The molecular formula is C20H23N3O5S2. The summed E-state index contributed by atoms with van der Waals surface area (Å²) in [6.07, 6.45) is 1.16. The van der Waals surface area contributed by atoms with E-state index in [0.717, 1.165) is 5.69 Å². The number of hydrogen-bond acceptors (Lipinski definition) is 7. The summed E-state index contributed by atoms with van der Waals surface area (Å²) < 4.78 is 31.9. The number of ether oxygens (including phenoxy) is 1. The van der Waals surface area contributed by atoms with Gasteiger partial charge in [-0.3, -0.25) is 14.9 Å². The molecule has 160 valence electrons. The molecule has 0 atom stereocenters. The van der Waals surface area contributed by atoms with Crippen LogP contribution in [0.3, 0.4) is 0 Å². The molecular weight excluding hydrogens is 426 g/mol. The summed E-state index contributed by atoms with van der Waals surface area (Å²) in [5.74, 6) is -0.347. The van der Waals surface area contributed by atoms with Gasteiger partial charge in [0.2, 0.25) is 10.0 Å². The largest absolute Gasteiger partial charge is 0.379 e. The molecule has 1 aliphatic heterocycles. The number of morpholine rings is 1. The highest BCUT2D eigenvalue weighted by Crippen LogP contribution is 2.38. The molecule has 1 N–H and O–H groups in total. The van der Waals surface area contributed by atoms with E-state index in [0.29, 0.717) is 54.7 Å². The van der Waals surface area contributed by atoms with E-state index in [9.17, 15) is 18.0 Å². The van der Waals surface area contributed by atoms with Gasteiger partial charge in [-0.05, 0) is 36.1 Å². The third-order valence-electron chi connectivity index (χ3n) is 5.18. The van der Waals surface area contributed by atoms with Crippen molar-refractivity contribution in [3.8, 4) is 0 Å². The van der Waals surface area contributed by atoms with Gasteiger partial charge in [-0.1, -0.05) is 25.2 Å². The summed E-state index contributed by atoms with van der Waals surface area (Å²) in [4.78, 5) is 30.1. The molecule has 2 aromatic rings. The molecule has 0 radical (unpaired) electrons. The lowest BCUT2D eigenvalue weighted by Gasteiger charge is -2.26. The molecule has 1 amide bonds. The molecule has 0 saturated carbocycles. The quantitative estimate of drug-likeness (QED) is 0.769. The maximum Gasteiger partial charge on any atom is 0.257 e. The summed E-state index contributed by atoms with van der Waals surface area (Å²) >= 11 is 1.19. The highest BCUT2D eigenvalue weighted by atomic mass is 32.2. The van der Waals surface area contributed by atoms with E-state index in [1.54, 1.807) is 0 Å². The van der Waals surface area contributed by atoms with Gasteiger partial charge in [-0.25, -0.2) is 13.4 Å². The Morgan fingerprint density at radius 2 is 1.83 bits per heavy atom. The number of Topliss-reactive ketones (excluding diaryl/α,β-unsaturated/α-hetero) is 1. The summed E-state index contributed by atoms with van der Waals surface area (Å²) in [5.41, 5.74) is 0.903. The van der Waals surface area contributed by atoms with Crippen molar-refractivity contribution < 1.29 is 22.7 Å². The van der Waals surface area contributed by atoms with Crippen molar-refractivity contribution in [2.75, 3.05) is 31.6 Å². The van der Waals surface area contributed by atoms with Crippen molar-refractivity contribution in [2.45, 2.75) is 31.6 Å². The molecule has 1 aromatic carbocycles. The van der Waals surface area contributed by atoms with Gasteiger partial charge in [-0.2, -0.15) is 4.31 Å². The smallest absolute Gasteiger partial charge is 0.257 e. The summed E-state index contributed by atoms with van der Waals surface area (Å²) in [6.45, 7) is 5.42. The molecule has 2 heterocycles. The number of nitrogens with one attached hydrogen (secondary N) is 1. The van der Waals surface area contributed by atoms with Crippen molar-refractivity contribution in [1.82, 2.24) is 9.29 Å². The fraction of sp³-hybridized carbons (Fsp3) is 0.450.